The van der Waals surface area contributed by atoms with Crippen molar-refractivity contribution in [1.82, 2.24) is 10.6 Å². The van der Waals surface area contributed by atoms with E-state index in [9.17, 15) is 9.18 Å². The predicted octanol–water partition coefficient (Wildman–Crippen LogP) is 1.07. The first kappa shape index (κ1) is 14.5. The third-order valence-electron chi connectivity index (χ3n) is 3.37. The molecule has 0 saturated carbocycles. The highest BCUT2D eigenvalue weighted by Gasteiger charge is 2.42. The number of aliphatic imine (C=N–C) groups is 1. The van der Waals surface area contributed by atoms with Crippen molar-refractivity contribution in [1.29, 1.82) is 0 Å². The van der Waals surface area contributed by atoms with Gasteiger partial charge in [0.2, 0.25) is 0 Å². The van der Waals surface area contributed by atoms with Crippen molar-refractivity contribution in [3.05, 3.63) is 35.1 Å². The molecular formula is C14H18FN3O2. The molecule has 0 radical (unpaired) electrons. The molecule has 0 aromatic heterocycles. The lowest BCUT2D eigenvalue weighted by molar-refractivity contribution is -0.123. The Balaban J connectivity index is 2.24. The van der Waals surface area contributed by atoms with Crippen LogP contribution < -0.4 is 10.6 Å². The zero-order chi connectivity index (χ0) is 14.8. The summed E-state index contributed by atoms with van der Waals surface area (Å²) in [5.74, 6) is -0.199. The number of methoxy groups -OCH3 is 1. The summed E-state index contributed by atoms with van der Waals surface area (Å²) in [7, 11) is 1.58. The molecule has 1 atom stereocenters. The van der Waals surface area contributed by atoms with Crippen molar-refractivity contribution in [3.63, 3.8) is 0 Å². The number of hydrogen-bond acceptors (Lipinski definition) is 3. The Kier molecular flexibility index (Phi) is 4.04. The number of nitrogens with one attached hydrogen (secondary N) is 2. The molecule has 6 heteroatoms. The number of benzene rings is 1. The summed E-state index contributed by atoms with van der Waals surface area (Å²) in [5, 5.41) is 5.66. The largest absolute Gasteiger partial charge is 0.383 e. The van der Waals surface area contributed by atoms with Gasteiger partial charge < -0.3 is 10.1 Å². The van der Waals surface area contributed by atoms with Gasteiger partial charge in [0.25, 0.3) is 5.91 Å². The summed E-state index contributed by atoms with van der Waals surface area (Å²) in [6, 6.07) is 4.77. The van der Waals surface area contributed by atoms with Gasteiger partial charge >= 0.3 is 0 Å². The fourth-order valence-electron chi connectivity index (χ4n) is 1.99. The van der Waals surface area contributed by atoms with Crippen LogP contribution in [0.5, 0.6) is 0 Å². The Morgan fingerprint density at radius 3 is 2.85 bits per heavy atom. The zero-order valence-electron chi connectivity index (χ0n) is 11.8. The van der Waals surface area contributed by atoms with Crippen molar-refractivity contribution >= 4 is 11.9 Å². The average Bonchev–Trinajstić information content (AvgIpc) is 2.70. The lowest BCUT2D eigenvalue weighted by Gasteiger charge is -2.22. The number of halogens is 1. The maximum Gasteiger partial charge on any atom is 0.256 e. The topological polar surface area (TPSA) is 62.7 Å². The van der Waals surface area contributed by atoms with Crippen LogP contribution in [-0.2, 0) is 15.1 Å². The van der Waals surface area contributed by atoms with Gasteiger partial charge in [-0.05, 0) is 31.0 Å². The molecule has 2 N–H and O–H groups in total. The second-order valence-electron chi connectivity index (χ2n) is 4.89. The first-order chi connectivity index (χ1) is 9.47. The third-order valence-corrected chi connectivity index (χ3v) is 3.37. The second kappa shape index (κ2) is 5.58. The molecule has 0 spiro atoms. The van der Waals surface area contributed by atoms with E-state index in [0.717, 1.165) is 0 Å². The molecule has 1 aliphatic rings. The molecule has 1 amide bonds. The first-order valence-corrected chi connectivity index (χ1v) is 6.37. The van der Waals surface area contributed by atoms with Crippen LogP contribution in [0, 0.1) is 12.7 Å². The third kappa shape index (κ3) is 2.65. The highest BCUT2D eigenvalue weighted by Crippen LogP contribution is 2.25. The lowest BCUT2D eigenvalue weighted by Crippen LogP contribution is -2.40. The molecule has 0 bridgehead atoms. The van der Waals surface area contributed by atoms with Crippen molar-refractivity contribution in [3.8, 4) is 0 Å². The van der Waals surface area contributed by atoms with Gasteiger partial charge in [-0.25, -0.2) is 4.39 Å². The molecule has 2 rings (SSSR count). The van der Waals surface area contributed by atoms with Gasteiger partial charge in [-0.15, -0.1) is 0 Å². The van der Waals surface area contributed by atoms with E-state index in [2.05, 4.69) is 15.6 Å². The molecule has 1 fully saturated rings. The molecule has 5 nitrogen and oxygen atoms in total. The molecule has 108 valence electrons. The van der Waals surface area contributed by atoms with Crippen LogP contribution >= 0.6 is 0 Å². The van der Waals surface area contributed by atoms with E-state index in [-0.39, 0.29) is 11.7 Å². The summed E-state index contributed by atoms with van der Waals surface area (Å²) >= 11 is 0. The number of aryl methyl sites for hydroxylation is 1. The van der Waals surface area contributed by atoms with Gasteiger partial charge in [-0.3, -0.25) is 15.1 Å². The van der Waals surface area contributed by atoms with Crippen LogP contribution in [0.15, 0.2) is 23.2 Å². The fourth-order valence-corrected chi connectivity index (χ4v) is 1.99. The van der Waals surface area contributed by atoms with E-state index in [1.165, 1.54) is 6.07 Å². The summed E-state index contributed by atoms with van der Waals surface area (Å²) < 4.78 is 18.6. The first-order valence-electron chi connectivity index (χ1n) is 6.37. The standard InChI is InChI=1S/C14H18FN3O2/c1-9-4-5-10(8-11(9)15)14(2)12(19)17-13(18-14)16-6-7-20-3/h4-5,8H,6-7H2,1-3H3,(H2,16,17,18,19). The van der Waals surface area contributed by atoms with Gasteiger partial charge in [0, 0.05) is 7.11 Å². The summed E-state index contributed by atoms with van der Waals surface area (Å²) in [6.45, 7) is 4.29. The number of hydrogen-bond donors (Lipinski definition) is 2. The van der Waals surface area contributed by atoms with E-state index >= 15 is 0 Å². The Morgan fingerprint density at radius 2 is 2.20 bits per heavy atom. The minimum atomic E-state index is -1.01. The van der Waals surface area contributed by atoms with Crippen molar-refractivity contribution < 1.29 is 13.9 Å². The molecule has 1 unspecified atom stereocenters. The average molecular weight is 279 g/mol. The van der Waals surface area contributed by atoms with Gasteiger partial charge in [0.1, 0.15) is 11.4 Å². The number of rotatable bonds is 4. The normalized spacial score (nSPS) is 23.8. The van der Waals surface area contributed by atoms with Gasteiger partial charge in [-0.2, -0.15) is 0 Å². The summed E-state index contributed by atoms with van der Waals surface area (Å²) in [4.78, 5) is 16.3. The number of nitrogens with zero attached hydrogens (tertiary/aromatic N) is 1. The SMILES string of the molecule is COCCN=C1NC(=O)C(C)(c2ccc(C)c(F)c2)N1. The van der Waals surface area contributed by atoms with Crippen LogP contribution in [-0.4, -0.2) is 32.1 Å². The molecular weight excluding hydrogens is 261 g/mol. The Labute approximate surface area is 117 Å². The molecule has 1 aromatic carbocycles. The molecule has 0 aliphatic carbocycles. The van der Waals surface area contributed by atoms with E-state index in [4.69, 9.17) is 4.74 Å². The molecule has 1 aromatic rings. The summed E-state index contributed by atoms with van der Waals surface area (Å²) in [6.07, 6.45) is 0. The summed E-state index contributed by atoms with van der Waals surface area (Å²) in [5.41, 5.74) is 0.0975. The van der Waals surface area contributed by atoms with Crippen LogP contribution in [0.2, 0.25) is 0 Å². The van der Waals surface area contributed by atoms with E-state index < -0.39 is 5.54 Å². The van der Waals surface area contributed by atoms with Gasteiger partial charge in [0.05, 0.1) is 13.2 Å². The van der Waals surface area contributed by atoms with E-state index in [1.54, 1.807) is 33.1 Å². The monoisotopic (exact) mass is 279 g/mol. The number of amides is 1. The Bertz CT molecular complexity index is 559. The van der Waals surface area contributed by atoms with E-state index in [1.807, 2.05) is 0 Å². The molecule has 1 saturated heterocycles. The predicted molar refractivity (Wildman–Crippen MR) is 73.9 cm³/mol. The quantitative estimate of drug-likeness (QED) is 0.810. The highest BCUT2D eigenvalue weighted by molar-refractivity contribution is 6.09. The van der Waals surface area contributed by atoms with Crippen molar-refractivity contribution in [2.75, 3.05) is 20.3 Å². The fraction of sp³-hybridized carbons (Fsp3) is 0.429. The Hall–Kier alpha value is -1.95. The van der Waals surface area contributed by atoms with Crippen molar-refractivity contribution in [2.24, 2.45) is 4.99 Å². The number of carbonyl (C=O) groups excluding carboxylic acids is 1. The minimum Gasteiger partial charge on any atom is -0.383 e. The van der Waals surface area contributed by atoms with Crippen LogP contribution in [0.1, 0.15) is 18.1 Å². The maximum atomic E-state index is 13.7. The molecule has 1 aliphatic heterocycles. The highest BCUT2D eigenvalue weighted by atomic mass is 19.1. The Morgan fingerprint density at radius 1 is 1.45 bits per heavy atom. The van der Waals surface area contributed by atoms with Crippen LogP contribution in [0.25, 0.3) is 0 Å². The van der Waals surface area contributed by atoms with Gasteiger partial charge in [0.15, 0.2) is 5.96 Å². The van der Waals surface area contributed by atoms with Crippen LogP contribution in [0.4, 0.5) is 4.39 Å². The second-order valence-corrected chi connectivity index (χ2v) is 4.89. The number of carbonyl (C=O) groups is 1. The number of guanidine groups is 1. The van der Waals surface area contributed by atoms with Crippen molar-refractivity contribution in [2.45, 2.75) is 19.4 Å². The number of ether oxygens (including phenoxy) is 1. The van der Waals surface area contributed by atoms with E-state index in [0.29, 0.717) is 30.2 Å². The molecule has 1 heterocycles. The lowest BCUT2D eigenvalue weighted by atomic mass is 9.91. The van der Waals surface area contributed by atoms with Gasteiger partial charge in [-0.1, -0.05) is 12.1 Å². The maximum absolute atomic E-state index is 13.7. The zero-order valence-corrected chi connectivity index (χ0v) is 11.8. The minimum absolute atomic E-state index is 0.253. The molecule has 20 heavy (non-hydrogen) atoms. The smallest absolute Gasteiger partial charge is 0.256 e. The van der Waals surface area contributed by atoms with Crippen LogP contribution in [0.3, 0.4) is 0 Å².